The third-order valence-electron chi connectivity index (χ3n) is 5.46. The summed E-state index contributed by atoms with van der Waals surface area (Å²) >= 11 is 1.10. The number of alkyl halides is 2. The molecule has 4 aromatic rings. The standard InChI is InChI=1S/C25H19F2NO5S2/c1-31-17-6-2-5-15(13-17)24-19-14-16(28-35(29,30)22-9-4-12-34-22)10-11-18(19)23-20(32-24)7-3-8-21(23)33-25(26)27/h2-14,24-25,28H,1H3. The zero-order chi connectivity index (χ0) is 24.6. The van der Waals surface area contributed by atoms with Crippen molar-refractivity contribution in [1.29, 1.82) is 0 Å². The van der Waals surface area contributed by atoms with Crippen LogP contribution in [0.4, 0.5) is 14.5 Å². The Kier molecular flexibility index (Phi) is 6.08. The van der Waals surface area contributed by atoms with Crippen LogP contribution in [0.1, 0.15) is 17.2 Å². The van der Waals surface area contributed by atoms with Crippen LogP contribution in [0, 0.1) is 0 Å². The van der Waals surface area contributed by atoms with Gasteiger partial charge in [0.15, 0.2) is 0 Å². The van der Waals surface area contributed by atoms with E-state index in [4.69, 9.17) is 14.2 Å². The van der Waals surface area contributed by atoms with Gasteiger partial charge in [0.1, 0.15) is 27.6 Å². The van der Waals surface area contributed by atoms with Crippen LogP contribution < -0.4 is 18.9 Å². The van der Waals surface area contributed by atoms with E-state index in [1.165, 1.54) is 12.1 Å². The fourth-order valence-electron chi connectivity index (χ4n) is 4.00. The predicted molar refractivity (Wildman–Crippen MR) is 129 cm³/mol. The molecule has 1 aromatic heterocycles. The maximum atomic E-state index is 13.1. The molecule has 10 heteroatoms. The van der Waals surface area contributed by atoms with Crippen LogP contribution in [0.5, 0.6) is 17.2 Å². The monoisotopic (exact) mass is 515 g/mol. The summed E-state index contributed by atoms with van der Waals surface area (Å²) in [6.07, 6.45) is -0.652. The first-order valence-corrected chi connectivity index (χ1v) is 12.8. The number of fused-ring (bicyclic) bond motifs is 3. The van der Waals surface area contributed by atoms with Gasteiger partial charge in [0, 0.05) is 16.8 Å². The van der Waals surface area contributed by atoms with Crippen molar-refractivity contribution in [3.63, 3.8) is 0 Å². The molecular formula is C25H19F2NO5S2. The number of nitrogens with one attached hydrogen (secondary N) is 1. The molecule has 0 saturated heterocycles. The summed E-state index contributed by atoms with van der Waals surface area (Å²) in [5.74, 6) is 0.952. The molecule has 180 valence electrons. The van der Waals surface area contributed by atoms with Crippen LogP contribution in [0.25, 0.3) is 11.1 Å². The first kappa shape index (κ1) is 23.1. The fraction of sp³-hybridized carbons (Fsp3) is 0.120. The summed E-state index contributed by atoms with van der Waals surface area (Å²) in [5, 5.41) is 1.68. The van der Waals surface area contributed by atoms with E-state index >= 15 is 0 Å². The van der Waals surface area contributed by atoms with Crippen molar-refractivity contribution < 1.29 is 31.4 Å². The summed E-state index contributed by atoms with van der Waals surface area (Å²) in [7, 11) is -2.24. The Morgan fingerprint density at radius 3 is 2.60 bits per heavy atom. The number of hydrogen-bond donors (Lipinski definition) is 1. The summed E-state index contributed by atoms with van der Waals surface area (Å²) in [5.41, 5.74) is 2.60. The van der Waals surface area contributed by atoms with Gasteiger partial charge in [-0.25, -0.2) is 8.42 Å². The van der Waals surface area contributed by atoms with Crippen LogP contribution >= 0.6 is 11.3 Å². The maximum absolute atomic E-state index is 13.1. The number of thiophene rings is 1. The Labute approximate surface area is 204 Å². The lowest BCUT2D eigenvalue weighted by Crippen LogP contribution is -2.18. The van der Waals surface area contributed by atoms with Gasteiger partial charge in [-0.05, 0) is 53.4 Å². The third-order valence-corrected chi connectivity index (χ3v) is 8.24. The smallest absolute Gasteiger partial charge is 0.387 e. The van der Waals surface area contributed by atoms with Crippen molar-refractivity contribution in [1.82, 2.24) is 0 Å². The lowest BCUT2D eigenvalue weighted by molar-refractivity contribution is -0.0496. The first-order chi connectivity index (χ1) is 16.9. The van der Waals surface area contributed by atoms with Gasteiger partial charge in [0.05, 0.1) is 12.7 Å². The molecule has 0 aliphatic carbocycles. The Balaban J connectivity index is 1.65. The van der Waals surface area contributed by atoms with Crippen LogP contribution in [0.2, 0.25) is 0 Å². The van der Waals surface area contributed by atoms with Gasteiger partial charge in [-0.1, -0.05) is 30.3 Å². The van der Waals surface area contributed by atoms with Crippen LogP contribution in [0.15, 0.2) is 82.4 Å². The molecule has 5 rings (SSSR count). The van der Waals surface area contributed by atoms with E-state index in [1.54, 1.807) is 61.0 Å². The molecule has 1 atom stereocenters. The number of hydrogen-bond acceptors (Lipinski definition) is 6. The highest BCUT2D eigenvalue weighted by molar-refractivity contribution is 7.94. The predicted octanol–water partition coefficient (Wildman–Crippen LogP) is 6.31. The summed E-state index contributed by atoms with van der Waals surface area (Å²) in [4.78, 5) is 0. The summed E-state index contributed by atoms with van der Waals surface area (Å²) in [6, 6.07) is 20.0. The van der Waals surface area contributed by atoms with Gasteiger partial charge in [-0.3, -0.25) is 4.72 Å². The molecule has 3 aromatic carbocycles. The minimum atomic E-state index is -3.79. The average Bonchev–Trinajstić information content (AvgIpc) is 3.39. The van der Waals surface area contributed by atoms with Crippen molar-refractivity contribution >= 4 is 27.0 Å². The first-order valence-electron chi connectivity index (χ1n) is 10.4. The zero-order valence-corrected chi connectivity index (χ0v) is 19.9. The molecule has 35 heavy (non-hydrogen) atoms. The minimum Gasteiger partial charge on any atom is -0.497 e. The van der Waals surface area contributed by atoms with E-state index < -0.39 is 22.7 Å². The van der Waals surface area contributed by atoms with Crippen molar-refractivity contribution in [2.75, 3.05) is 11.8 Å². The third kappa shape index (κ3) is 4.54. The highest BCUT2D eigenvalue weighted by Crippen LogP contribution is 2.50. The summed E-state index contributed by atoms with van der Waals surface area (Å²) in [6.45, 7) is -3.02. The van der Waals surface area contributed by atoms with Crippen LogP contribution in [0.3, 0.4) is 0 Å². The number of sulfonamides is 1. The van der Waals surface area contributed by atoms with Gasteiger partial charge in [0.25, 0.3) is 10.0 Å². The number of ether oxygens (including phenoxy) is 3. The van der Waals surface area contributed by atoms with Crippen molar-refractivity contribution in [3.8, 4) is 28.4 Å². The quantitative estimate of drug-likeness (QED) is 0.312. The molecular weight excluding hydrogens is 496 g/mol. The Morgan fingerprint density at radius 1 is 1.03 bits per heavy atom. The van der Waals surface area contributed by atoms with Crippen molar-refractivity contribution in [3.05, 3.63) is 89.3 Å². The van der Waals surface area contributed by atoms with Gasteiger partial charge in [-0.15, -0.1) is 11.3 Å². The lowest BCUT2D eigenvalue weighted by Gasteiger charge is -2.31. The molecule has 0 spiro atoms. The molecule has 0 fully saturated rings. The molecule has 6 nitrogen and oxygen atoms in total. The van der Waals surface area contributed by atoms with Gasteiger partial charge < -0.3 is 14.2 Å². The van der Waals surface area contributed by atoms with Crippen molar-refractivity contribution in [2.45, 2.75) is 16.9 Å². The van der Waals surface area contributed by atoms with E-state index in [0.29, 0.717) is 33.9 Å². The molecule has 0 radical (unpaired) electrons. The normalized spacial score (nSPS) is 14.6. The Morgan fingerprint density at radius 2 is 1.86 bits per heavy atom. The molecule has 1 unspecified atom stereocenters. The molecule has 0 bridgehead atoms. The minimum absolute atomic E-state index is 0.0326. The molecule has 1 N–H and O–H groups in total. The van der Waals surface area contributed by atoms with Crippen molar-refractivity contribution in [2.24, 2.45) is 0 Å². The number of halogens is 2. The van der Waals surface area contributed by atoms with Gasteiger partial charge in [-0.2, -0.15) is 8.78 Å². The number of anilines is 1. The molecule has 2 heterocycles. The number of rotatable bonds is 7. The second-order valence-corrected chi connectivity index (χ2v) is 10.5. The molecule has 0 saturated carbocycles. The fourth-order valence-corrected chi connectivity index (χ4v) is 6.05. The van der Waals surface area contributed by atoms with Gasteiger partial charge in [0.2, 0.25) is 0 Å². The SMILES string of the molecule is COc1cccc(C2Oc3cccc(OC(F)F)c3-c3ccc(NS(=O)(=O)c4cccs4)cc32)c1. The van der Waals surface area contributed by atoms with E-state index in [1.807, 2.05) is 12.1 Å². The molecule has 1 aliphatic heterocycles. The largest absolute Gasteiger partial charge is 0.497 e. The Bertz CT molecular complexity index is 1470. The molecule has 0 amide bonds. The van der Waals surface area contributed by atoms with E-state index in [0.717, 1.165) is 16.9 Å². The summed E-state index contributed by atoms with van der Waals surface area (Å²) < 4.78 is 71.0. The Hall–Kier alpha value is -3.63. The van der Waals surface area contributed by atoms with E-state index in [-0.39, 0.29) is 9.96 Å². The second kappa shape index (κ2) is 9.20. The number of methoxy groups -OCH3 is 1. The highest BCUT2D eigenvalue weighted by atomic mass is 32.2. The number of benzene rings is 3. The van der Waals surface area contributed by atoms with E-state index in [9.17, 15) is 17.2 Å². The maximum Gasteiger partial charge on any atom is 0.387 e. The molecule has 1 aliphatic rings. The zero-order valence-electron chi connectivity index (χ0n) is 18.3. The second-order valence-electron chi connectivity index (χ2n) is 7.62. The van der Waals surface area contributed by atoms with E-state index in [2.05, 4.69) is 4.72 Å². The van der Waals surface area contributed by atoms with Crippen LogP contribution in [-0.2, 0) is 10.0 Å². The topological polar surface area (TPSA) is 73.9 Å². The van der Waals surface area contributed by atoms with Crippen LogP contribution in [-0.4, -0.2) is 22.1 Å². The van der Waals surface area contributed by atoms with Gasteiger partial charge >= 0.3 is 6.61 Å². The average molecular weight is 516 g/mol. The highest BCUT2D eigenvalue weighted by Gasteiger charge is 2.31. The lowest BCUT2D eigenvalue weighted by atomic mass is 9.88.